The summed E-state index contributed by atoms with van der Waals surface area (Å²) >= 11 is 0. The number of nitrogens with zero attached hydrogens (tertiary/aromatic N) is 4. The summed E-state index contributed by atoms with van der Waals surface area (Å²) in [6.45, 7) is 4.01. The molecular formula is C18H24N6O3. The largest absolute Gasteiger partial charge is 0.286 e. The van der Waals surface area contributed by atoms with Gasteiger partial charge in [0.2, 0.25) is 12.3 Å². The molecule has 0 radical (unpaired) electrons. The molecule has 144 valence electrons. The van der Waals surface area contributed by atoms with E-state index in [1.165, 1.54) is 0 Å². The molecule has 3 rings (SSSR count). The SMILES string of the molecule is Cc1cccc2nnc(NNC(=O)[C@]3(CN(O)C=O)CC[C@H](C)CC3)nc12. The molecule has 9 nitrogen and oxygen atoms in total. The number of fused-ring (bicyclic) bond motifs is 1. The fraction of sp³-hybridized carbons (Fsp3) is 0.500. The molecule has 1 aromatic carbocycles. The molecule has 1 aromatic heterocycles. The lowest BCUT2D eigenvalue weighted by Crippen LogP contribution is -2.51. The number of hydrazine groups is 1. The smallest absolute Gasteiger partial charge is 0.262 e. The molecule has 1 fully saturated rings. The third-order valence-corrected chi connectivity index (χ3v) is 5.27. The van der Waals surface area contributed by atoms with Crippen LogP contribution in [0.4, 0.5) is 5.95 Å². The second kappa shape index (κ2) is 7.83. The summed E-state index contributed by atoms with van der Waals surface area (Å²) in [5, 5.41) is 18.3. The zero-order chi connectivity index (χ0) is 19.4. The second-order valence-corrected chi connectivity index (χ2v) is 7.32. The van der Waals surface area contributed by atoms with Crippen molar-refractivity contribution < 1.29 is 14.8 Å². The maximum atomic E-state index is 12.9. The van der Waals surface area contributed by atoms with Crippen molar-refractivity contribution in [1.29, 1.82) is 0 Å². The third kappa shape index (κ3) is 4.13. The Kier molecular flexibility index (Phi) is 5.50. The van der Waals surface area contributed by atoms with E-state index in [0.717, 1.165) is 18.4 Å². The van der Waals surface area contributed by atoms with E-state index in [2.05, 4.69) is 33.0 Å². The molecule has 0 saturated heterocycles. The minimum Gasteiger partial charge on any atom is -0.286 e. The second-order valence-electron chi connectivity index (χ2n) is 7.32. The van der Waals surface area contributed by atoms with E-state index in [9.17, 15) is 14.8 Å². The highest BCUT2D eigenvalue weighted by molar-refractivity contribution is 5.84. The van der Waals surface area contributed by atoms with E-state index in [-0.39, 0.29) is 18.4 Å². The Morgan fingerprint density at radius 3 is 2.81 bits per heavy atom. The van der Waals surface area contributed by atoms with Crippen molar-refractivity contribution in [2.75, 3.05) is 12.0 Å². The average Bonchev–Trinajstić information content (AvgIpc) is 2.68. The number of para-hydroxylation sites is 1. The monoisotopic (exact) mass is 372 g/mol. The standard InChI is InChI=1S/C18H24N6O3/c1-12-6-8-18(9-7-12,10-24(27)11-25)16(26)21-23-17-19-15-13(2)4-3-5-14(15)20-22-17/h3-5,11-12,27H,6-10H2,1-2H3,(H,21,26)(H,19,22,23)/t12-,18+. The first-order valence-corrected chi connectivity index (χ1v) is 9.01. The van der Waals surface area contributed by atoms with Gasteiger partial charge in [0.15, 0.2) is 0 Å². The van der Waals surface area contributed by atoms with Crippen molar-refractivity contribution in [3.63, 3.8) is 0 Å². The Labute approximate surface area is 157 Å². The highest BCUT2D eigenvalue weighted by atomic mass is 16.5. The van der Waals surface area contributed by atoms with Crippen LogP contribution >= 0.6 is 0 Å². The van der Waals surface area contributed by atoms with E-state index >= 15 is 0 Å². The Morgan fingerprint density at radius 2 is 2.11 bits per heavy atom. The van der Waals surface area contributed by atoms with Gasteiger partial charge in [0, 0.05) is 0 Å². The minimum absolute atomic E-state index is 0.0489. The van der Waals surface area contributed by atoms with Crippen LogP contribution in [-0.4, -0.2) is 44.3 Å². The van der Waals surface area contributed by atoms with Gasteiger partial charge in [-0.15, -0.1) is 10.2 Å². The molecule has 0 unspecified atom stereocenters. The number of carbonyl (C=O) groups excluding carboxylic acids is 2. The number of nitrogens with one attached hydrogen (secondary N) is 2. The maximum absolute atomic E-state index is 12.9. The number of aromatic nitrogens is 3. The van der Waals surface area contributed by atoms with Gasteiger partial charge in [0.25, 0.3) is 5.95 Å². The highest BCUT2D eigenvalue weighted by Gasteiger charge is 2.42. The molecule has 1 saturated carbocycles. The molecule has 2 aromatic rings. The summed E-state index contributed by atoms with van der Waals surface area (Å²) in [5.74, 6) is 0.391. The number of hydroxylamine groups is 2. The Balaban J connectivity index is 1.74. The molecule has 0 aliphatic heterocycles. The first-order valence-electron chi connectivity index (χ1n) is 9.01. The Hall–Kier alpha value is -2.81. The molecule has 1 heterocycles. The number of rotatable bonds is 6. The molecule has 27 heavy (non-hydrogen) atoms. The number of anilines is 1. The van der Waals surface area contributed by atoms with Crippen LogP contribution in [-0.2, 0) is 9.59 Å². The zero-order valence-electron chi connectivity index (χ0n) is 15.5. The van der Waals surface area contributed by atoms with Gasteiger partial charge < -0.3 is 0 Å². The van der Waals surface area contributed by atoms with Gasteiger partial charge in [0.1, 0.15) is 5.52 Å². The lowest BCUT2D eigenvalue weighted by Gasteiger charge is -2.38. The molecule has 0 bridgehead atoms. The predicted molar refractivity (Wildman–Crippen MR) is 98.5 cm³/mol. The van der Waals surface area contributed by atoms with Crippen LogP contribution < -0.4 is 10.9 Å². The molecule has 3 N–H and O–H groups in total. The third-order valence-electron chi connectivity index (χ3n) is 5.27. The average molecular weight is 372 g/mol. The Morgan fingerprint density at radius 1 is 1.37 bits per heavy atom. The first kappa shape index (κ1) is 19.0. The topological polar surface area (TPSA) is 120 Å². The van der Waals surface area contributed by atoms with Crippen LogP contribution in [0.5, 0.6) is 0 Å². The lowest BCUT2D eigenvalue weighted by atomic mass is 9.70. The maximum Gasteiger partial charge on any atom is 0.262 e. The molecule has 2 amide bonds. The van der Waals surface area contributed by atoms with Gasteiger partial charge in [0.05, 0.1) is 17.5 Å². The summed E-state index contributed by atoms with van der Waals surface area (Å²) in [6.07, 6.45) is 3.20. The summed E-state index contributed by atoms with van der Waals surface area (Å²) in [4.78, 5) is 28.1. The van der Waals surface area contributed by atoms with Gasteiger partial charge in [-0.05, 0) is 50.2 Å². The fourth-order valence-electron chi connectivity index (χ4n) is 3.52. The summed E-state index contributed by atoms with van der Waals surface area (Å²) < 4.78 is 0. The molecule has 0 spiro atoms. The predicted octanol–water partition coefficient (Wildman–Crippen LogP) is 1.82. The Bertz CT molecular complexity index is 835. The minimum atomic E-state index is -0.852. The summed E-state index contributed by atoms with van der Waals surface area (Å²) in [5.41, 5.74) is 6.82. The van der Waals surface area contributed by atoms with Crippen LogP contribution in [0.3, 0.4) is 0 Å². The fourth-order valence-corrected chi connectivity index (χ4v) is 3.52. The molecular weight excluding hydrogens is 348 g/mol. The van der Waals surface area contributed by atoms with Gasteiger partial charge in [-0.25, -0.2) is 10.0 Å². The van der Waals surface area contributed by atoms with Gasteiger partial charge in [-0.3, -0.25) is 25.6 Å². The zero-order valence-corrected chi connectivity index (χ0v) is 15.5. The summed E-state index contributed by atoms with van der Waals surface area (Å²) in [6, 6.07) is 5.62. The number of hydrogen-bond donors (Lipinski definition) is 3. The van der Waals surface area contributed by atoms with Crippen molar-refractivity contribution in [3.8, 4) is 0 Å². The van der Waals surface area contributed by atoms with Gasteiger partial charge >= 0.3 is 0 Å². The molecule has 9 heteroatoms. The van der Waals surface area contributed by atoms with Crippen molar-refractivity contribution >= 4 is 29.3 Å². The van der Waals surface area contributed by atoms with Crippen LogP contribution in [0.1, 0.15) is 38.2 Å². The number of aryl methyl sites for hydroxylation is 1. The van der Waals surface area contributed by atoms with Gasteiger partial charge in [-0.1, -0.05) is 19.1 Å². The lowest BCUT2D eigenvalue weighted by molar-refractivity contribution is -0.163. The molecule has 1 aliphatic rings. The van der Waals surface area contributed by atoms with Crippen molar-refractivity contribution in [2.24, 2.45) is 11.3 Å². The summed E-state index contributed by atoms with van der Waals surface area (Å²) in [7, 11) is 0. The first-order chi connectivity index (χ1) is 12.9. The number of hydrogen-bond acceptors (Lipinski definition) is 7. The molecule has 1 aliphatic carbocycles. The van der Waals surface area contributed by atoms with E-state index in [4.69, 9.17) is 0 Å². The quantitative estimate of drug-likeness (QED) is 0.402. The normalized spacial score (nSPS) is 22.3. The van der Waals surface area contributed by atoms with Crippen molar-refractivity contribution in [3.05, 3.63) is 23.8 Å². The van der Waals surface area contributed by atoms with E-state index in [1.54, 1.807) is 0 Å². The van der Waals surface area contributed by atoms with Crippen LogP contribution in [0.15, 0.2) is 18.2 Å². The van der Waals surface area contributed by atoms with E-state index in [1.807, 2.05) is 25.1 Å². The van der Waals surface area contributed by atoms with Crippen molar-refractivity contribution in [1.82, 2.24) is 25.7 Å². The number of carbonyl (C=O) groups is 2. The van der Waals surface area contributed by atoms with Crippen LogP contribution in [0.25, 0.3) is 11.0 Å². The van der Waals surface area contributed by atoms with Crippen molar-refractivity contribution in [2.45, 2.75) is 39.5 Å². The van der Waals surface area contributed by atoms with E-state index in [0.29, 0.717) is 41.3 Å². The molecule has 0 atom stereocenters. The number of benzene rings is 1. The van der Waals surface area contributed by atoms with Crippen LogP contribution in [0.2, 0.25) is 0 Å². The van der Waals surface area contributed by atoms with E-state index < -0.39 is 5.41 Å². The van der Waals surface area contributed by atoms with Gasteiger partial charge in [-0.2, -0.15) is 0 Å². The highest BCUT2D eigenvalue weighted by Crippen LogP contribution is 2.39. The van der Waals surface area contributed by atoms with Crippen LogP contribution in [0, 0.1) is 18.3 Å². The number of amides is 2.